The summed E-state index contributed by atoms with van der Waals surface area (Å²) in [4.78, 5) is 47.8. The Bertz CT molecular complexity index is 2830. The molecule has 0 aliphatic rings. The van der Waals surface area contributed by atoms with Crippen molar-refractivity contribution in [3.05, 3.63) is 118 Å². The molecule has 0 aliphatic carbocycles. The number of halogens is 8. The second-order valence-electron chi connectivity index (χ2n) is 17.8. The molecule has 0 atom stereocenters. The van der Waals surface area contributed by atoms with Crippen molar-refractivity contribution in [2.45, 2.75) is 130 Å². The van der Waals surface area contributed by atoms with Crippen molar-refractivity contribution >= 4 is 68.9 Å². The Balaban J connectivity index is 0.000000310. The summed E-state index contributed by atoms with van der Waals surface area (Å²) in [6, 6.07) is 19.9. The molecular weight excluding hydrogens is 1040 g/mol. The number of aryl methyl sites for hydroxylation is 2. The van der Waals surface area contributed by atoms with E-state index < -0.39 is 35.3 Å². The molecule has 0 saturated heterocycles. The number of amides is 2. The van der Waals surface area contributed by atoms with Crippen LogP contribution in [0.25, 0.3) is 21.9 Å². The molecule has 75 heavy (non-hydrogen) atoms. The normalized spacial score (nSPS) is 11.5. The highest BCUT2D eigenvalue weighted by molar-refractivity contribution is 6.40. The standard InChI is InChI=1S/C28H33F3N2O5.C24H25F3N2O5.CH2Cl2/c1-5-9-20-22(14-13-21-25(20)38-33-26(21)28(29,30)31)36-15-8-12-23(34)32-17-19-11-7-6-10-18(19)16-24(35)37-27(2,3)4;1-2-6-17-19(11-10-18-22(17)34-29-23(18)24(25,26)27)33-12-5-9-20(30)28-14-16-8-4-3-7-15(16)13-21(31)32;2-1-3/h6-7,10-11,13-14H,5,8-9,12,15-17H2,1-4H3,(H,32,34);3-4,7-8,10-11H,2,5-6,9,12-14H2,1H3,(H,28,30)(H,31,32);1H2. The van der Waals surface area contributed by atoms with Crippen molar-refractivity contribution in [1.29, 1.82) is 0 Å². The first-order valence-electron chi connectivity index (χ1n) is 24.0. The van der Waals surface area contributed by atoms with Crippen molar-refractivity contribution in [3.63, 3.8) is 0 Å². The quantitative estimate of drug-likeness (QED) is 0.0253. The summed E-state index contributed by atoms with van der Waals surface area (Å²) in [7, 11) is 0. The van der Waals surface area contributed by atoms with Gasteiger partial charge in [0.25, 0.3) is 0 Å². The highest BCUT2D eigenvalue weighted by Crippen LogP contribution is 2.40. The first-order valence-corrected chi connectivity index (χ1v) is 25.0. The van der Waals surface area contributed by atoms with Gasteiger partial charge in [0, 0.05) is 37.1 Å². The van der Waals surface area contributed by atoms with Crippen LogP contribution in [0.15, 0.2) is 81.8 Å². The van der Waals surface area contributed by atoms with E-state index >= 15 is 0 Å². The monoisotopic (exact) mass is 1100 g/mol. The Hall–Kier alpha value is -6.54. The van der Waals surface area contributed by atoms with E-state index in [-0.39, 0.29) is 97.0 Å². The summed E-state index contributed by atoms with van der Waals surface area (Å²) in [5.74, 6) is -0.869. The van der Waals surface area contributed by atoms with E-state index in [1.807, 2.05) is 58.9 Å². The van der Waals surface area contributed by atoms with E-state index in [2.05, 4.69) is 20.9 Å². The number of nitrogens with one attached hydrogen (secondary N) is 2. The van der Waals surface area contributed by atoms with E-state index in [9.17, 15) is 45.5 Å². The highest BCUT2D eigenvalue weighted by atomic mass is 35.5. The summed E-state index contributed by atoms with van der Waals surface area (Å²) in [5, 5.41) is 21.0. The average molecular weight is 1100 g/mol. The third-order valence-electron chi connectivity index (χ3n) is 10.8. The van der Waals surface area contributed by atoms with E-state index in [0.717, 1.165) is 16.7 Å². The van der Waals surface area contributed by atoms with Crippen LogP contribution in [-0.4, -0.2) is 63.3 Å². The second-order valence-corrected chi connectivity index (χ2v) is 18.6. The molecule has 3 N–H and O–H groups in total. The number of hydrogen-bond acceptors (Lipinski definition) is 11. The first kappa shape index (κ1) is 61.0. The molecule has 0 fully saturated rings. The van der Waals surface area contributed by atoms with Crippen LogP contribution in [0.5, 0.6) is 11.5 Å². The highest BCUT2D eigenvalue weighted by Gasteiger charge is 2.39. The summed E-state index contributed by atoms with van der Waals surface area (Å²) in [5.41, 5.74) is 1.46. The number of benzene rings is 4. The van der Waals surface area contributed by atoms with Crippen LogP contribution >= 0.6 is 23.2 Å². The lowest BCUT2D eigenvalue weighted by Crippen LogP contribution is -2.26. The van der Waals surface area contributed by atoms with Gasteiger partial charge >= 0.3 is 24.3 Å². The van der Waals surface area contributed by atoms with Gasteiger partial charge in [-0.3, -0.25) is 19.2 Å². The molecule has 0 spiro atoms. The van der Waals surface area contributed by atoms with Gasteiger partial charge < -0.3 is 39.0 Å². The van der Waals surface area contributed by atoms with E-state index in [0.29, 0.717) is 66.7 Å². The number of fused-ring (bicyclic) bond motifs is 2. The van der Waals surface area contributed by atoms with Crippen LogP contribution in [0, 0.1) is 0 Å². The molecule has 6 aromatic rings. The maximum atomic E-state index is 13.2. The number of esters is 1. The Morgan fingerprint density at radius 3 is 1.36 bits per heavy atom. The second kappa shape index (κ2) is 28.9. The Labute approximate surface area is 439 Å². The number of carbonyl (C=O) groups is 4. The molecule has 0 saturated carbocycles. The Kier molecular flexibility index (Phi) is 23.5. The van der Waals surface area contributed by atoms with E-state index in [4.69, 9.17) is 51.6 Å². The van der Waals surface area contributed by atoms with Gasteiger partial charge in [0.2, 0.25) is 11.8 Å². The lowest BCUT2D eigenvalue weighted by molar-refractivity contribution is -0.154. The van der Waals surface area contributed by atoms with Gasteiger partial charge in [0.15, 0.2) is 22.6 Å². The molecular formula is C53H60Cl2F6N4O10. The minimum absolute atomic E-state index is 0.0597. The molecule has 0 unspecified atom stereocenters. The van der Waals surface area contributed by atoms with Gasteiger partial charge in [-0.2, -0.15) is 26.3 Å². The van der Waals surface area contributed by atoms with Gasteiger partial charge in [-0.05, 0) is 93.0 Å². The number of ether oxygens (including phenoxy) is 3. The van der Waals surface area contributed by atoms with Crippen LogP contribution in [0.1, 0.15) is 118 Å². The number of carboxylic acid groups (broad SMARTS) is 1. The fraction of sp³-hybridized carbons (Fsp3) is 0.434. The zero-order chi connectivity index (χ0) is 55.3. The number of rotatable bonds is 22. The summed E-state index contributed by atoms with van der Waals surface area (Å²) in [6.07, 6.45) is -5.82. The maximum absolute atomic E-state index is 13.2. The molecule has 2 amide bonds. The number of hydrogen-bond donors (Lipinski definition) is 3. The third-order valence-corrected chi connectivity index (χ3v) is 10.8. The number of nitrogens with zero attached hydrogens (tertiary/aromatic N) is 2. The van der Waals surface area contributed by atoms with Gasteiger partial charge in [0.05, 0.1) is 42.2 Å². The SMILES string of the molecule is CCCc1c(OCCCC(=O)NCc2ccccc2CC(=O)O)ccc2c(C(F)(F)F)noc12.CCCc1c(OCCCC(=O)NCc2ccccc2CC(=O)OC(C)(C)C)ccc2c(C(F)(F)F)noc12.ClCCl. The fourth-order valence-electron chi connectivity index (χ4n) is 7.63. The number of carbonyl (C=O) groups excluding carboxylic acids is 3. The molecule has 4 aromatic carbocycles. The number of alkyl halides is 8. The van der Waals surface area contributed by atoms with Crippen molar-refractivity contribution in [1.82, 2.24) is 20.9 Å². The molecule has 0 aliphatic heterocycles. The lowest BCUT2D eigenvalue weighted by atomic mass is 10.0. The zero-order valence-corrected chi connectivity index (χ0v) is 43.6. The van der Waals surface area contributed by atoms with Crippen molar-refractivity contribution in [2.75, 3.05) is 18.6 Å². The molecule has 2 aromatic heterocycles. The van der Waals surface area contributed by atoms with E-state index in [1.165, 1.54) is 24.3 Å². The van der Waals surface area contributed by atoms with Gasteiger partial charge in [-0.15, -0.1) is 23.2 Å². The predicted molar refractivity (Wildman–Crippen MR) is 270 cm³/mol. The maximum Gasteiger partial charge on any atom is 0.437 e. The minimum atomic E-state index is -4.61. The number of carboxylic acids is 1. The Morgan fingerprint density at radius 2 is 1.00 bits per heavy atom. The first-order chi connectivity index (χ1) is 35.5. The minimum Gasteiger partial charge on any atom is -0.493 e. The molecule has 6 rings (SSSR count). The topological polar surface area (TPSA) is 192 Å². The molecule has 14 nitrogen and oxygen atoms in total. The Morgan fingerprint density at radius 1 is 0.613 bits per heavy atom. The number of aliphatic carboxylic acids is 1. The summed E-state index contributed by atoms with van der Waals surface area (Å²) < 4.78 is 106. The lowest BCUT2D eigenvalue weighted by Gasteiger charge is -2.20. The largest absolute Gasteiger partial charge is 0.493 e. The van der Waals surface area contributed by atoms with Crippen molar-refractivity contribution in [2.24, 2.45) is 0 Å². The average Bonchev–Trinajstić information content (AvgIpc) is 3.99. The van der Waals surface area contributed by atoms with Crippen molar-refractivity contribution in [3.8, 4) is 11.5 Å². The van der Waals surface area contributed by atoms with Crippen LogP contribution in [-0.2, 0) is 75.0 Å². The van der Waals surface area contributed by atoms with Gasteiger partial charge in [-0.1, -0.05) is 85.5 Å². The van der Waals surface area contributed by atoms with Crippen LogP contribution < -0.4 is 20.1 Å². The molecule has 2 heterocycles. The number of aromatic nitrogens is 2. The van der Waals surface area contributed by atoms with Gasteiger partial charge in [-0.25, -0.2) is 0 Å². The summed E-state index contributed by atoms with van der Waals surface area (Å²) >= 11 is 9.53. The molecule has 408 valence electrons. The van der Waals surface area contributed by atoms with Crippen LogP contribution in [0.2, 0.25) is 0 Å². The smallest absolute Gasteiger partial charge is 0.437 e. The zero-order valence-electron chi connectivity index (χ0n) is 42.1. The third kappa shape index (κ3) is 19.3. The van der Waals surface area contributed by atoms with E-state index in [1.54, 1.807) is 24.3 Å². The van der Waals surface area contributed by atoms with Gasteiger partial charge in [0.1, 0.15) is 17.1 Å². The fourth-order valence-corrected chi connectivity index (χ4v) is 7.63. The molecule has 0 bridgehead atoms. The molecule has 0 radical (unpaired) electrons. The van der Waals surface area contributed by atoms with Crippen LogP contribution in [0.4, 0.5) is 26.3 Å². The molecule has 22 heteroatoms. The van der Waals surface area contributed by atoms with Crippen molar-refractivity contribution < 1.29 is 73.9 Å². The van der Waals surface area contributed by atoms with Crippen LogP contribution in [0.3, 0.4) is 0 Å². The summed E-state index contributed by atoms with van der Waals surface area (Å²) in [6.45, 7) is 10.1. The predicted octanol–water partition coefficient (Wildman–Crippen LogP) is 12.5.